The smallest absolute Gasteiger partial charge is 0.187 e. The average molecular weight is 927 g/mol. The molecule has 4 aliphatic carbocycles. The standard InChI is InChI=1S/C47H74O18/c1-21(2)15-23-17-47(57,42(58-8)62-23)24-9-12-45(7)31(24)25(49)16-29-44(45,6)13-10-28-43(4,5)30(11-14-46(28,29)20-48)63-41-38(65-40-36(56)34(54)32(52)22(3)61-40)37(27(51)19-60-41)64-39-35(55)33(53)26(50)18-59-39/h15,20,22-24,26-42,50-57H,9-14,16-19H2,1-8H3/t22?,23-,24+,26-,27+,28?,29?,30+,31?,32+,33+,34+,35+,36-,37-,38+,39+,40-,41?,42?,44-,45-,46-,47?/m1/s1. The third-order valence-electron chi connectivity index (χ3n) is 18.1. The van der Waals surface area contributed by atoms with Crippen molar-refractivity contribution in [3.8, 4) is 0 Å². The number of carbonyl (C=O) groups excluding carboxylic acids is 2. The normalized spacial score (nSPS) is 54.3. The Morgan fingerprint density at radius 1 is 0.723 bits per heavy atom. The van der Waals surface area contributed by atoms with Crippen molar-refractivity contribution >= 4 is 12.1 Å². The van der Waals surface area contributed by atoms with E-state index in [9.17, 15) is 50.4 Å². The molecule has 7 unspecified atom stereocenters. The number of carbonyl (C=O) groups is 2. The van der Waals surface area contributed by atoms with E-state index in [2.05, 4.69) is 13.8 Å². The van der Waals surface area contributed by atoms with Gasteiger partial charge in [-0.05, 0) is 87.4 Å². The average Bonchev–Trinajstić information content (AvgIpc) is 3.80. The Morgan fingerprint density at radius 2 is 1.37 bits per heavy atom. The molecular weight excluding hydrogens is 852 g/mol. The predicted octanol–water partition coefficient (Wildman–Crippen LogP) is 0.628. The first-order chi connectivity index (χ1) is 30.5. The Morgan fingerprint density at radius 3 is 2.05 bits per heavy atom. The van der Waals surface area contributed by atoms with Crippen molar-refractivity contribution in [3.63, 3.8) is 0 Å². The third kappa shape index (κ3) is 7.94. The zero-order chi connectivity index (χ0) is 47.3. The number of Topliss-reactive ketones (excluding diaryl/α,β-unsaturated/α-hetero) is 1. The van der Waals surface area contributed by atoms with Gasteiger partial charge in [0.15, 0.2) is 25.2 Å². The number of aliphatic hydroxyl groups excluding tert-OH is 7. The Bertz CT molecular complexity index is 1780. The highest BCUT2D eigenvalue weighted by Crippen LogP contribution is 2.75. The molecule has 0 bridgehead atoms. The Labute approximate surface area is 380 Å². The topological polar surface area (TPSA) is 270 Å². The number of hydrogen-bond acceptors (Lipinski definition) is 18. The van der Waals surface area contributed by atoms with Gasteiger partial charge in [-0.3, -0.25) is 4.79 Å². The highest BCUT2D eigenvalue weighted by molar-refractivity contribution is 5.85. The van der Waals surface area contributed by atoms with Crippen LogP contribution in [0.2, 0.25) is 0 Å². The minimum Gasteiger partial charge on any atom is -0.388 e. The van der Waals surface area contributed by atoms with Crippen molar-refractivity contribution in [2.45, 2.75) is 204 Å². The molecule has 370 valence electrons. The molecule has 4 saturated carbocycles. The lowest BCUT2D eigenvalue weighted by molar-refractivity contribution is -0.383. The summed E-state index contributed by atoms with van der Waals surface area (Å²) in [5, 5.41) is 87.2. The van der Waals surface area contributed by atoms with Crippen molar-refractivity contribution in [2.75, 3.05) is 20.3 Å². The highest BCUT2D eigenvalue weighted by atomic mass is 16.8. The van der Waals surface area contributed by atoms with Crippen LogP contribution in [-0.2, 0) is 47.5 Å². The van der Waals surface area contributed by atoms with Gasteiger partial charge in [0, 0.05) is 37.2 Å². The van der Waals surface area contributed by atoms with Crippen LogP contribution in [0.3, 0.4) is 0 Å². The van der Waals surface area contributed by atoms with Crippen molar-refractivity contribution in [2.24, 2.45) is 45.3 Å². The van der Waals surface area contributed by atoms with Crippen LogP contribution in [0.15, 0.2) is 11.6 Å². The van der Waals surface area contributed by atoms with Crippen LogP contribution in [0.1, 0.15) is 99.8 Å². The van der Waals surface area contributed by atoms with Crippen LogP contribution in [0.5, 0.6) is 0 Å². The number of aldehydes is 1. The fraction of sp³-hybridized carbons (Fsp3) is 0.915. The molecule has 0 aromatic heterocycles. The van der Waals surface area contributed by atoms with E-state index in [4.69, 9.17) is 37.9 Å². The van der Waals surface area contributed by atoms with Gasteiger partial charge in [-0.25, -0.2) is 0 Å². The van der Waals surface area contributed by atoms with E-state index in [1.807, 2.05) is 33.8 Å². The molecule has 0 radical (unpaired) electrons. The lowest BCUT2D eigenvalue weighted by atomic mass is 9.35. The first-order valence-corrected chi connectivity index (χ1v) is 23.6. The Kier molecular flexibility index (Phi) is 13.8. The lowest BCUT2D eigenvalue weighted by Gasteiger charge is -2.68. The number of hydrogen-bond donors (Lipinski definition) is 8. The summed E-state index contributed by atoms with van der Waals surface area (Å²) >= 11 is 0. The first kappa shape index (κ1) is 49.8. The van der Waals surface area contributed by atoms with Crippen LogP contribution >= 0.6 is 0 Å². The van der Waals surface area contributed by atoms with E-state index >= 15 is 0 Å². The molecule has 18 heteroatoms. The molecule has 0 aromatic rings. The van der Waals surface area contributed by atoms with E-state index < -0.39 is 125 Å². The second kappa shape index (κ2) is 18.0. The number of fused-ring (bicyclic) bond motifs is 5. The summed E-state index contributed by atoms with van der Waals surface area (Å²) in [6.45, 7) is 13.2. The molecular formula is C47H74O18. The van der Waals surface area contributed by atoms with Gasteiger partial charge in [0.2, 0.25) is 0 Å². The molecule has 18 nitrogen and oxygen atoms in total. The molecule has 24 atom stereocenters. The molecule has 4 aliphatic heterocycles. The number of methoxy groups -OCH3 is 1. The van der Waals surface area contributed by atoms with Gasteiger partial charge in [-0.15, -0.1) is 0 Å². The maximum atomic E-state index is 14.9. The summed E-state index contributed by atoms with van der Waals surface area (Å²) in [5.74, 6) is -1.32. The lowest BCUT2D eigenvalue weighted by Crippen LogP contribution is -2.68. The molecule has 0 aromatic carbocycles. The molecule has 65 heavy (non-hydrogen) atoms. The minimum absolute atomic E-state index is 0.0536. The molecule has 8 aliphatic rings. The third-order valence-corrected chi connectivity index (χ3v) is 18.1. The maximum absolute atomic E-state index is 14.9. The van der Waals surface area contributed by atoms with Crippen LogP contribution in [0.4, 0.5) is 0 Å². The molecule has 8 rings (SSSR count). The quantitative estimate of drug-likeness (QED) is 0.0848. The van der Waals surface area contributed by atoms with Gasteiger partial charge in [0.1, 0.15) is 72.6 Å². The van der Waals surface area contributed by atoms with Crippen molar-refractivity contribution in [1.82, 2.24) is 0 Å². The second-order valence-electron chi connectivity index (χ2n) is 22.1. The summed E-state index contributed by atoms with van der Waals surface area (Å²) in [7, 11) is 1.53. The summed E-state index contributed by atoms with van der Waals surface area (Å²) in [4.78, 5) is 28.9. The molecule has 8 N–H and O–H groups in total. The van der Waals surface area contributed by atoms with Gasteiger partial charge in [-0.1, -0.05) is 39.3 Å². The van der Waals surface area contributed by atoms with Gasteiger partial charge >= 0.3 is 0 Å². The van der Waals surface area contributed by atoms with E-state index in [1.165, 1.54) is 14.0 Å². The summed E-state index contributed by atoms with van der Waals surface area (Å²) in [6, 6.07) is 0. The molecule has 4 heterocycles. The van der Waals surface area contributed by atoms with E-state index in [0.717, 1.165) is 18.3 Å². The Balaban J connectivity index is 1.06. The summed E-state index contributed by atoms with van der Waals surface area (Å²) in [6.07, 6.45) is -14.1. The van der Waals surface area contributed by atoms with Gasteiger partial charge in [-0.2, -0.15) is 0 Å². The number of allylic oxidation sites excluding steroid dienone is 1. The molecule has 0 amide bonds. The van der Waals surface area contributed by atoms with Crippen LogP contribution in [0.25, 0.3) is 0 Å². The Hall–Kier alpha value is -1.56. The van der Waals surface area contributed by atoms with Crippen molar-refractivity contribution in [1.29, 1.82) is 0 Å². The fourth-order valence-electron chi connectivity index (χ4n) is 14.5. The van der Waals surface area contributed by atoms with Crippen LogP contribution in [0, 0.1) is 45.3 Å². The highest BCUT2D eigenvalue weighted by Gasteiger charge is 2.74. The number of ether oxygens (including phenoxy) is 8. The molecule has 8 fully saturated rings. The van der Waals surface area contributed by atoms with Crippen molar-refractivity contribution in [3.05, 3.63) is 11.6 Å². The summed E-state index contributed by atoms with van der Waals surface area (Å²) in [5.41, 5.74) is -2.89. The monoisotopic (exact) mass is 926 g/mol. The first-order valence-electron chi connectivity index (χ1n) is 23.6. The van der Waals surface area contributed by atoms with E-state index in [-0.39, 0.29) is 49.3 Å². The second-order valence-corrected chi connectivity index (χ2v) is 22.1. The van der Waals surface area contributed by atoms with Crippen LogP contribution in [-0.4, -0.2) is 177 Å². The van der Waals surface area contributed by atoms with Gasteiger partial charge < -0.3 is 83.5 Å². The number of ketones is 1. The fourth-order valence-corrected chi connectivity index (χ4v) is 14.5. The van der Waals surface area contributed by atoms with Crippen molar-refractivity contribution < 1.29 is 88.3 Å². The largest absolute Gasteiger partial charge is 0.388 e. The minimum atomic E-state index is -1.75. The SMILES string of the molecule is COC1O[C@H](C=C(C)C)CC1(O)[C@H]1CC[C@]2(C)C1C(=O)CC1[C@@]3(C=O)CC[C@H](OC4OC[C@H](O)[C@@H](O[C@@H]5OC[C@@H](O)[C@H](O)[C@@H]5O)[C@@H]4O[C@H]4OC(C)[C@H](O)[C@H](O)[C@H]4O)C(C)(C)C3CC[C@]12C. The van der Waals surface area contributed by atoms with E-state index in [1.54, 1.807) is 0 Å². The maximum Gasteiger partial charge on any atom is 0.187 e. The zero-order valence-corrected chi connectivity index (χ0v) is 38.9. The van der Waals surface area contributed by atoms with E-state index in [0.29, 0.717) is 38.5 Å². The molecule has 4 saturated heterocycles. The van der Waals surface area contributed by atoms with Gasteiger partial charge in [0.05, 0.1) is 31.5 Å². The number of rotatable bonds is 10. The van der Waals surface area contributed by atoms with Crippen LogP contribution < -0.4 is 0 Å². The number of aliphatic hydroxyl groups is 8. The predicted molar refractivity (Wildman–Crippen MR) is 225 cm³/mol. The summed E-state index contributed by atoms with van der Waals surface area (Å²) < 4.78 is 48.7. The molecule has 0 spiro atoms. The zero-order valence-electron chi connectivity index (χ0n) is 38.9. The van der Waals surface area contributed by atoms with Gasteiger partial charge in [0.25, 0.3) is 0 Å².